The number of hydrogen-bond donors (Lipinski definition) is 2. The molecule has 2 N–H and O–H groups in total. The van der Waals surface area contributed by atoms with Gasteiger partial charge in [-0.1, -0.05) is 32.9 Å². The molecule has 7 heteroatoms. The predicted octanol–water partition coefficient (Wildman–Crippen LogP) is 2.81. The molecule has 0 aromatic heterocycles. The summed E-state index contributed by atoms with van der Waals surface area (Å²) in [5, 5.41) is 0. The summed E-state index contributed by atoms with van der Waals surface area (Å²) in [5.74, 6) is -0.773. The second-order valence-corrected chi connectivity index (χ2v) is 8.37. The maximum atomic E-state index is 12.5. The van der Waals surface area contributed by atoms with E-state index < -0.39 is 11.8 Å². The van der Waals surface area contributed by atoms with Crippen LogP contribution in [0, 0.1) is 5.92 Å². The first-order valence-electron chi connectivity index (χ1n) is 9.84. The number of anilines is 1. The van der Waals surface area contributed by atoms with E-state index in [0.717, 1.165) is 5.56 Å². The molecule has 1 aliphatic rings. The summed E-state index contributed by atoms with van der Waals surface area (Å²) in [4.78, 5) is 38.7. The fourth-order valence-electron chi connectivity index (χ4n) is 3.31. The number of ether oxygens (including phenoxy) is 1. The van der Waals surface area contributed by atoms with E-state index in [4.69, 9.17) is 4.74 Å². The summed E-state index contributed by atoms with van der Waals surface area (Å²) in [6.45, 7) is 6.55. The maximum absolute atomic E-state index is 12.5. The van der Waals surface area contributed by atoms with Crippen molar-refractivity contribution >= 4 is 23.4 Å². The third-order valence-corrected chi connectivity index (χ3v) is 5.19. The predicted molar refractivity (Wildman–Crippen MR) is 114 cm³/mol. The molecule has 0 saturated carbocycles. The molecule has 0 aliphatic carbocycles. The Morgan fingerprint density at radius 3 is 2.20 bits per heavy atom. The molecular weight excluding hydrogens is 382 g/mol. The van der Waals surface area contributed by atoms with E-state index in [1.54, 1.807) is 48.4 Å². The average Bonchev–Trinajstić information content (AvgIpc) is 3.13. The second kappa shape index (κ2) is 8.57. The summed E-state index contributed by atoms with van der Waals surface area (Å²) < 4.78 is 5.12. The Bertz CT molecular complexity index is 930. The molecule has 2 aromatic carbocycles. The van der Waals surface area contributed by atoms with Gasteiger partial charge < -0.3 is 9.64 Å². The molecular formula is C23H27N3O4. The fourth-order valence-corrected chi connectivity index (χ4v) is 3.31. The van der Waals surface area contributed by atoms with E-state index in [1.807, 2.05) is 12.1 Å². The molecule has 0 spiro atoms. The highest BCUT2D eigenvalue weighted by molar-refractivity contribution is 6.01. The lowest BCUT2D eigenvalue weighted by Gasteiger charge is -2.19. The Balaban J connectivity index is 1.56. The summed E-state index contributed by atoms with van der Waals surface area (Å²) >= 11 is 0. The molecule has 3 amide bonds. The molecule has 1 saturated heterocycles. The van der Waals surface area contributed by atoms with Crippen LogP contribution in [0.2, 0.25) is 0 Å². The fraction of sp³-hybridized carbons (Fsp3) is 0.348. The number of hydrazine groups is 1. The normalized spacial score (nSPS) is 16.3. The zero-order chi connectivity index (χ0) is 21.9. The zero-order valence-electron chi connectivity index (χ0n) is 17.7. The third kappa shape index (κ3) is 4.79. The number of nitrogens with one attached hydrogen (secondary N) is 2. The van der Waals surface area contributed by atoms with Crippen molar-refractivity contribution in [3.8, 4) is 5.75 Å². The lowest BCUT2D eigenvalue weighted by atomic mass is 9.87. The molecule has 1 aliphatic heterocycles. The maximum Gasteiger partial charge on any atom is 0.269 e. The van der Waals surface area contributed by atoms with Crippen LogP contribution in [0.15, 0.2) is 48.5 Å². The summed E-state index contributed by atoms with van der Waals surface area (Å²) in [7, 11) is 1.57. The van der Waals surface area contributed by atoms with Gasteiger partial charge in [-0.15, -0.1) is 0 Å². The van der Waals surface area contributed by atoms with Gasteiger partial charge in [0.2, 0.25) is 11.8 Å². The van der Waals surface area contributed by atoms with Gasteiger partial charge in [-0.3, -0.25) is 25.2 Å². The number of nitrogens with zero attached hydrogens (tertiary/aromatic N) is 1. The highest BCUT2D eigenvalue weighted by atomic mass is 16.5. The molecule has 1 atom stereocenters. The lowest BCUT2D eigenvalue weighted by Crippen LogP contribution is -2.45. The van der Waals surface area contributed by atoms with Gasteiger partial charge in [0, 0.05) is 24.2 Å². The Hall–Kier alpha value is -3.35. The molecule has 0 bridgehead atoms. The minimum absolute atomic E-state index is 0.00596. The van der Waals surface area contributed by atoms with Crippen LogP contribution < -0.4 is 20.5 Å². The van der Waals surface area contributed by atoms with Crippen molar-refractivity contribution in [2.24, 2.45) is 5.92 Å². The van der Waals surface area contributed by atoms with Gasteiger partial charge in [0.05, 0.1) is 13.0 Å². The van der Waals surface area contributed by atoms with E-state index in [1.165, 1.54) is 0 Å². The van der Waals surface area contributed by atoms with Gasteiger partial charge in [-0.25, -0.2) is 0 Å². The van der Waals surface area contributed by atoms with Gasteiger partial charge in [0.25, 0.3) is 5.91 Å². The van der Waals surface area contributed by atoms with Crippen LogP contribution in [0.4, 0.5) is 5.69 Å². The summed E-state index contributed by atoms with van der Waals surface area (Å²) in [6, 6.07) is 14.3. The number of benzene rings is 2. The standard InChI is InChI=1S/C23H27N3O4/c1-23(2,3)17-7-5-15(6-8-17)21(28)24-25-22(29)16-13-20(27)26(14-16)18-9-11-19(30-4)12-10-18/h5-12,16H,13-14H2,1-4H3,(H,24,28)(H,25,29)/t16-/m0/s1. The molecule has 0 radical (unpaired) electrons. The van der Waals surface area contributed by atoms with E-state index >= 15 is 0 Å². The van der Waals surface area contributed by atoms with Crippen LogP contribution in [0.3, 0.4) is 0 Å². The highest BCUT2D eigenvalue weighted by Crippen LogP contribution is 2.27. The van der Waals surface area contributed by atoms with Crippen molar-refractivity contribution in [2.45, 2.75) is 32.6 Å². The molecule has 0 unspecified atom stereocenters. The quantitative estimate of drug-likeness (QED) is 0.760. The monoisotopic (exact) mass is 409 g/mol. The molecule has 30 heavy (non-hydrogen) atoms. The second-order valence-electron chi connectivity index (χ2n) is 8.37. The van der Waals surface area contributed by atoms with Crippen molar-refractivity contribution in [3.63, 3.8) is 0 Å². The van der Waals surface area contributed by atoms with Crippen LogP contribution in [-0.4, -0.2) is 31.4 Å². The summed E-state index contributed by atoms with van der Waals surface area (Å²) in [5.41, 5.74) is 7.14. The molecule has 7 nitrogen and oxygen atoms in total. The van der Waals surface area contributed by atoms with Crippen LogP contribution >= 0.6 is 0 Å². The zero-order valence-corrected chi connectivity index (χ0v) is 17.7. The Labute approximate surface area is 176 Å². The van der Waals surface area contributed by atoms with Crippen LogP contribution in [0.25, 0.3) is 0 Å². The van der Waals surface area contributed by atoms with E-state index in [-0.39, 0.29) is 30.2 Å². The van der Waals surface area contributed by atoms with Gasteiger partial charge in [0.15, 0.2) is 0 Å². The van der Waals surface area contributed by atoms with Crippen molar-refractivity contribution in [2.75, 3.05) is 18.6 Å². The van der Waals surface area contributed by atoms with Crippen LogP contribution in [0.5, 0.6) is 5.75 Å². The van der Waals surface area contributed by atoms with Gasteiger partial charge >= 0.3 is 0 Å². The number of hydrogen-bond acceptors (Lipinski definition) is 4. The number of carbonyl (C=O) groups excluding carboxylic acids is 3. The van der Waals surface area contributed by atoms with E-state index in [9.17, 15) is 14.4 Å². The average molecular weight is 409 g/mol. The van der Waals surface area contributed by atoms with E-state index in [0.29, 0.717) is 17.0 Å². The first kappa shape index (κ1) is 21.4. The van der Waals surface area contributed by atoms with Gasteiger partial charge in [0.1, 0.15) is 5.75 Å². The molecule has 1 fully saturated rings. The Morgan fingerprint density at radius 1 is 1.00 bits per heavy atom. The first-order chi connectivity index (χ1) is 14.2. The summed E-state index contributed by atoms with van der Waals surface area (Å²) in [6.07, 6.45) is 0.0913. The SMILES string of the molecule is COc1ccc(N2C[C@@H](C(=O)NNC(=O)c3ccc(C(C)(C)C)cc3)CC2=O)cc1. The largest absolute Gasteiger partial charge is 0.497 e. The highest BCUT2D eigenvalue weighted by Gasteiger charge is 2.35. The molecule has 158 valence electrons. The van der Waals surface area contributed by atoms with Gasteiger partial charge in [-0.2, -0.15) is 0 Å². The molecule has 1 heterocycles. The van der Waals surface area contributed by atoms with Crippen molar-refractivity contribution < 1.29 is 19.1 Å². The lowest BCUT2D eigenvalue weighted by molar-refractivity contribution is -0.126. The number of amides is 3. The first-order valence-corrected chi connectivity index (χ1v) is 9.84. The van der Waals surface area contributed by atoms with E-state index in [2.05, 4.69) is 31.6 Å². The third-order valence-electron chi connectivity index (χ3n) is 5.19. The number of carbonyl (C=O) groups is 3. The van der Waals surface area contributed by atoms with Crippen molar-refractivity contribution in [3.05, 3.63) is 59.7 Å². The number of methoxy groups -OCH3 is 1. The van der Waals surface area contributed by atoms with Gasteiger partial charge in [-0.05, 0) is 47.4 Å². The Morgan fingerprint density at radius 2 is 1.63 bits per heavy atom. The minimum atomic E-state index is -0.539. The van der Waals surface area contributed by atoms with Crippen molar-refractivity contribution in [1.82, 2.24) is 10.9 Å². The topological polar surface area (TPSA) is 87.7 Å². The Kier molecular flexibility index (Phi) is 6.10. The van der Waals surface area contributed by atoms with Crippen molar-refractivity contribution in [1.29, 1.82) is 0 Å². The minimum Gasteiger partial charge on any atom is -0.497 e. The van der Waals surface area contributed by atoms with Crippen LogP contribution in [-0.2, 0) is 15.0 Å². The molecule has 3 rings (SSSR count). The smallest absolute Gasteiger partial charge is 0.269 e. The molecule has 2 aromatic rings. The number of rotatable bonds is 4. The van der Waals surface area contributed by atoms with Crippen LogP contribution in [0.1, 0.15) is 43.1 Å².